The van der Waals surface area contributed by atoms with E-state index in [2.05, 4.69) is 38.2 Å². The van der Waals surface area contributed by atoms with Gasteiger partial charge in [0, 0.05) is 12.8 Å². The molecule has 4 heteroatoms. The second kappa shape index (κ2) is 34.9. The van der Waals surface area contributed by atoms with Crippen LogP contribution in [-0.4, -0.2) is 23.1 Å². The summed E-state index contributed by atoms with van der Waals surface area (Å²) in [5, 5.41) is 8.80. The third kappa shape index (κ3) is 34.8. The van der Waals surface area contributed by atoms with Crippen LogP contribution in [0.25, 0.3) is 0 Å². The molecule has 0 aliphatic heterocycles. The van der Waals surface area contributed by atoms with Gasteiger partial charge in [-0.25, -0.2) is 0 Å². The molecule has 0 rings (SSSR count). The lowest BCUT2D eigenvalue weighted by Gasteiger charge is -2.18. The molecule has 0 aliphatic rings. The van der Waals surface area contributed by atoms with Gasteiger partial charge >= 0.3 is 11.9 Å². The summed E-state index contributed by atoms with van der Waals surface area (Å²) in [7, 11) is 0. The maximum absolute atomic E-state index is 12.4. The summed E-state index contributed by atoms with van der Waals surface area (Å²) >= 11 is 0. The van der Waals surface area contributed by atoms with Gasteiger partial charge < -0.3 is 9.84 Å². The van der Waals surface area contributed by atoms with Crippen molar-refractivity contribution in [3.63, 3.8) is 0 Å². The number of carbonyl (C=O) groups excluding carboxylic acids is 1. The van der Waals surface area contributed by atoms with Gasteiger partial charge in [0.15, 0.2) is 0 Å². The maximum Gasteiger partial charge on any atom is 0.306 e. The molecule has 0 saturated heterocycles. The average molecular weight is 605 g/mol. The Morgan fingerprint density at radius 1 is 0.512 bits per heavy atom. The summed E-state index contributed by atoms with van der Waals surface area (Å²) in [4.78, 5) is 23.1. The Bertz CT molecular complexity index is 654. The van der Waals surface area contributed by atoms with Crippen molar-refractivity contribution in [1.82, 2.24) is 0 Å². The van der Waals surface area contributed by atoms with Gasteiger partial charge in [-0.2, -0.15) is 0 Å². The zero-order chi connectivity index (χ0) is 31.5. The molecule has 0 aromatic rings. The normalized spacial score (nSPS) is 12.4. The molecule has 1 atom stereocenters. The van der Waals surface area contributed by atoms with E-state index in [-0.39, 0.29) is 18.5 Å². The average Bonchev–Trinajstić information content (AvgIpc) is 2.99. The van der Waals surface area contributed by atoms with Crippen LogP contribution in [0.4, 0.5) is 0 Å². The summed E-state index contributed by atoms with van der Waals surface area (Å²) in [5.41, 5.74) is 0. The molecule has 0 spiro atoms. The van der Waals surface area contributed by atoms with Crippen LogP contribution in [0.1, 0.15) is 206 Å². The van der Waals surface area contributed by atoms with Crippen molar-refractivity contribution in [2.24, 2.45) is 0 Å². The van der Waals surface area contributed by atoms with Crippen LogP contribution < -0.4 is 0 Å². The van der Waals surface area contributed by atoms with E-state index in [1.54, 1.807) is 0 Å². The number of carboxylic acids is 1. The van der Waals surface area contributed by atoms with Crippen molar-refractivity contribution in [3.8, 4) is 0 Å². The Balaban J connectivity index is 3.61. The minimum atomic E-state index is -0.727. The number of rotatable bonds is 34. The number of hydrogen-bond donors (Lipinski definition) is 1. The Hall–Kier alpha value is -1.58. The Morgan fingerprint density at radius 2 is 0.907 bits per heavy atom. The third-order valence-electron chi connectivity index (χ3n) is 8.43. The number of esters is 1. The molecule has 1 N–H and O–H groups in total. The lowest BCUT2D eigenvalue weighted by Crippen LogP contribution is -2.18. The van der Waals surface area contributed by atoms with Crippen LogP contribution in [0.2, 0.25) is 0 Å². The molecule has 0 aromatic carbocycles. The standard InChI is InChI=1S/C39H72O4/c1-3-5-7-9-10-11-12-13-14-15-16-17-18-19-20-21-22-23-24-25-26-27-32-36-39(42)43-37(33-29-8-6-4-2)34-30-28-31-35-38(40)41/h12-13,15-16,37H,3-11,14,17-36H2,1-2H3,(H,40,41)/b13-12-,16-15-. The molecular formula is C39H72O4. The van der Waals surface area contributed by atoms with Gasteiger partial charge in [0.05, 0.1) is 0 Å². The molecule has 0 saturated carbocycles. The van der Waals surface area contributed by atoms with Gasteiger partial charge in [-0.05, 0) is 70.6 Å². The molecule has 0 aromatic heterocycles. The molecule has 252 valence electrons. The number of aliphatic carboxylic acids is 1. The molecule has 43 heavy (non-hydrogen) atoms. The number of unbranched alkanes of at least 4 members (excludes halogenated alkanes) is 21. The minimum absolute atomic E-state index is 0.00705. The number of carbonyl (C=O) groups is 2. The van der Waals surface area contributed by atoms with Crippen LogP contribution in [0, 0.1) is 0 Å². The number of carboxylic acid groups (broad SMARTS) is 1. The summed E-state index contributed by atoms with van der Waals surface area (Å²) in [6.07, 6.45) is 43.7. The number of hydrogen-bond acceptors (Lipinski definition) is 3. The monoisotopic (exact) mass is 605 g/mol. The second-order valence-corrected chi connectivity index (χ2v) is 12.8. The van der Waals surface area contributed by atoms with Gasteiger partial charge in [0.1, 0.15) is 6.10 Å². The molecular weight excluding hydrogens is 532 g/mol. The molecule has 0 radical (unpaired) electrons. The van der Waals surface area contributed by atoms with Gasteiger partial charge in [-0.3, -0.25) is 9.59 Å². The van der Waals surface area contributed by atoms with Gasteiger partial charge in [0.25, 0.3) is 0 Å². The van der Waals surface area contributed by atoms with Crippen molar-refractivity contribution in [2.75, 3.05) is 0 Å². The lowest BCUT2D eigenvalue weighted by molar-refractivity contribution is -0.150. The van der Waals surface area contributed by atoms with Crippen molar-refractivity contribution >= 4 is 11.9 Å². The highest BCUT2D eigenvalue weighted by atomic mass is 16.5. The quantitative estimate of drug-likeness (QED) is 0.0451. The van der Waals surface area contributed by atoms with Crippen molar-refractivity contribution < 1.29 is 19.4 Å². The highest BCUT2D eigenvalue weighted by molar-refractivity contribution is 5.69. The van der Waals surface area contributed by atoms with E-state index in [1.165, 1.54) is 122 Å². The summed E-state index contributed by atoms with van der Waals surface area (Å²) < 4.78 is 5.85. The Kier molecular flexibility index (Phi) is 33.6. The summed E-state index contributed by atoms with van der Waals surface area (Å²) in [6.45, 7) is 4.48. The first-order chi connectivity index (χ1) is 21.1. The highest BCUT2D eigenvalue weighted by Crippen LogP contribution is 2.18. The molecule has 0 bridgehead atoms. The fraction of sp³-hybridized carbons (Fsp3) is 0.846. The zero-order valence-electron chi connectivity index (χ0n) is 28.8. The fourth-order valence-electron chi connectivity index (χ4n) is 5.63. The Morgan fingerprint density at radius 3 is 1.40 bits per heavy atom. The summed E-state index contributed by atoms with van der Waals surface area (Å²) in [6, 6.07) is 0. The summed E-state index contributed by atoms with van der Waals surface area (Å²) in [5.74, 6) is -0.767. The van der Waals surface area contributed by atoms with Gasteiger partial charge in [-0.15, -0.1) is 0 Å². The van der Waals surface area contributed by atoms with E-state index in [4.69, 9.17) is 9.84 Å². The van der Waals surface area contributed by atoms with Crippen LogP contribution in [-0.2, 0) is 14.3 Å². The van der Waals surface area contributed by atoms with E-state index in [0.29, 0.717) is 12.8 Å². The van der Waals surface area contributed by atoms with Gasteiger partial charge in [0.2, 0.25) is 0 Å². The highest BCUT2D eigenvalue weighted by Gasteiger charge is 2.14. The molecule has 0 heterocycles. The van der Waals surface area contributed by atoms with Crippen LogP contribution in [0.3, 0.4) is 0 Å². The minimum Gasteiger partial charge on any atom is -0.481 e. The van der Waals surface area contributed by atoms with E-state index in [9.17, 15) is 9.59 Å². The van der Waals surface area contributed by atoms with E-state index in [0.717, 1.165) is 51.4 Å². The van der Waals surface area contributed by atoms with E-state index < -0.39 is 5.97 Å². The SMILES string of the molecule is CCCCCCC/C=C\C/C=C\CCCCCCCCCCCCCC(=O)OC(CCCCCC)CCCCCC(=O)O. The first kappa shape index (κ1) is 41.4. The lowest BCUT2D eigenvalue weighted by atomic mass is 10.0. The van der Waals surface area contributed by atoms with Crippen LogP contribution >= 0.6 is 0 Å². The predicted octanol–water partition coefficient (Wildman–Crippen LogP) is 12.8. The van der Waals surface area contributed by atoms with Crippen molar-refractivity contribution in [2.45, 2.75) is 213 Å². The molecule has 4 nitrogen and oxygen atoms in total. The molecule has 1 unspecified atom stereocenters. The zero-order valence-corrected chi connectivity index (χ0v) is 28.8. The fourth-order valence-corrected chi connectivity index (χ4v) is 5.63. The first-order valence-electron chi connectivity index (χ1n) is 18.8. The van der Waals surface area contributed by atoms with E-state index in [1.807, 2.05) is 0 Å². The molecule has 0 fully saturated rings. The topological polar surface area (TPSA) is 63.6 Å². The predicted molar refractivity (Wildman–Crippen MR) is 186 cm³/mol. The third-order valence-corrected chi connectivity index (χ3v) is 8.43. The molecule has 0 aliphatic carbocycles. The smallest absolute Gasteiger partial charge is 0.306 e. The first-order valence-corrected chi connectivity index (χ1v) is 18.8. The van der Waals surface area contributed by atoms with E-state index >= 15 is 0 Å². The largest absolute Gasteiger partial charge is 0.481 e. The van der Waals surface area contributed by atoms with Crippen molar-refractivity contribution in [1.29, 1.82) is 0 Å². The molecule has 0 amide bonds. The maximum atomic E-state index is 12.4. The van der Waals surface area contributed by atoms with Crippen LogP contribution in [0.5, 0.6) is 0 Å². The van der Waals surface area contributed by atoms with Crippen molar-refractivity contribution in [3.05, 3.63) is 24.3 Å². The second-order valence-electron chi connectivity index (χ2n) is 12.8. The number of ether oxygens (including phenoxy) is 1. The Labute approximate surface area is 267 Å². The van der Waals surface area contributed by atoms with Gasteiger partial charge in [-0.1, -0.05) is 147 Å². The number of allylic oxidation sites excluding steroid dienone is 4. The van der Waals surface area contributed by atoms with Crippen LogP contribution in [0.15, 0.2) is 24.3 Å².